The number of hydrogen-bond donors (Lipinski definition) is 1. The summed E-state index contributed by atoms with van der Waals surface area (Å²) in [6.45, 7) is 0.566. The molecule has 1 atom stereocenters. The molecular formula is C9H15N3O2. The summed E-state index contributed by atoms with van der Waals surface area (Å²) in [6, 6.07) is 1.86. The van der Waals surface area contributed by atoms with E-state index in [2.05, 4.69) is 15.3 Å². The van der Waals surface area contributed by atoms with Gasteiger partial charge in [0, 0.05) is 13.2 Å². The van der Waals surface area contributed by atoms with Gasteiger partial charge in [-0.2, -0.15) is 0 Å². The number of ether oxygens (including phenoxy) is 2. The van der Waals surface area contributed by atoms with Crippen molar-refractivity contribution in [3.8, 4) is 5.88 Å². The summed E-state index contributed by atoms with van der Waals surface area (Å²) >= 11 is 0. The third-order valence-electron chi connectivity index (χ3n) is 1.91. The largest absolute Gasteiger partial charge is 0.481 e. The molecule has 0 aliphatic rings. The molecule has 0 radical (unpaired) electrons. The normalized spacial score (nSPS) is 12.5. The Morgan fingerprint density at radius 2 is 2.21 bits per heavy atom. The van der Waals surface area contributed by atoms with Crippen molar-refractivity contribution in [2.24, 2.45) is 0 Å². The molecule has 5 heteroatoms. The van der Waals surface area contributed by atoms with Crippen molar-refractivity contribution in [1.82, 2.24) is 15.3 Å². The van der Waals surface area contributed by atoms with Gasteiger partial charge in [-0.1, -0.05) is 0 Å². The van der Waals surface area contributed by atoms with Crippen LogP contribution < -0.4 is 10.1 Å². The monoisotopic (exact) mass is 197 g/mol. The Bertz CT molecular complexity index is 281. The minimum atomic E-state index is 0.0666. The Labute approximate surface area is 83.5 Å². The first kappa shape index (κ1) is 10.9. The van der Waals surface area contributed by atoms with Crippen LogP contribution in [0.2, 0.25) is 0 Å². The van der Waals surface area contributed by atoms with Crippen molar-refractivity contribution in [1.29, 1.82) is 0 Å². The molecule has 0 aliphatic carbocycles. The van der Waals surface area contributed by atoms with Crippen LogP contribution in [0.25, 0.3) is 0 Å². The van der Waals surface area contributed by atoms with Crippen LogP contribution in [0.4, 0.5) is 0 Å². The van der Waals surface area contributed by atoms with Gasteiger partial charge in [0.1, 0.15) is 6.33 Å². The molecule has 1 aromatic rings. The molecule has 0 aromatic carbocycles. The van der Waals surface area contributed by atoms with Crippen molar-refractivity contribution in [2.45, 2.75) is 6.04 Å². The van der Waals surface area contributed by atoms with Gasteiger partial charge in [0.25, 0.3) is 0 Å². The number of likely N-dealkylation sites (N-methyl/N-ethyl adjacent to an activating group) is 1. The molecule has 0 saturated carbocycles. The summed E-state index contributed by atoms with van der Waals surface area (Å²) in [5.74, 6) is 0.561. The van der Waals surface area contributed by atoms with Crippen LogP contribution in [0.15, 0.2) is 12.4 Å². The van der Waals surface area contributed by atoms with Gasteiger partial charge in [-0.3, -0.25) is 0 Å². The van der Waals surface area contributed by atoms with E-state index in [0.29, 0.717) is 12.5 Å². The highest BCUT2D eigenvalue weighted by atomic mass is 16.5. The molecule has 1 unspecified atom stereocenters. The number of hydrogen-bond acceptors (Lipinski definition) is 5. The van der Waals surface area contributed by atoms with Crippen molar-refractivity contribution in [3.63, 3.8) is 0 Å². The maximum Gasteiger partial charge on any atom is 0.216 e. The third kappa shape index (κ3) is 2.65. The SMILES string of the molecule is CNC(COC)c1cc(OC)ncn1. The predicted molar refractivity (Wildman–Crippen MR) is 52.3 cm³/mol. The van der Waals surface area contributed by atoms with Gasteiger partial charge < -0.3 is 14.8 Å². The highest BCUT2D eigenvalue weighted by molar-refractivity contribution is 5.16. The van der Waals surface area contributed by atoms with E-state index in [9.17, 15) is 0 Å². The summed E-state index contributed by atoms with van der Waals surface area (Å²) in [5.41, 5.74) is 0.862. The quantitative estimate of drug-likeness (QED) is 0.740. The van der Waals surface area contributed by atoms with Gasteiger partial charge in [-0.05, 0) is 7.05 Å². The zero-order chi connectivity index (χ0) is 10.4. The highest BCUT2D eigenvalue weighted by Gasteiger charge is 2.11. The zero-order valence-electron chi connectivity index (χ0n) is 8.65. The highest BCUT2D eigenvalue weighted by Crippen LogP contribution is 2.13. The van der Waals surface area contributed by atoms with E-state index in [-0.39, 0.29) is 6.04 Å². The van der Waals surface area contributed by atoms with Crippen LogP contribution in [0.1, 0.15) is 11.7 Å². The molecule has 0 spiro atoms. The third-order valence-corrected chi connectivity index (χ3v) is 1.91. The van der Waals surface area contributed by atoms with Crippen LogP contribution in [0, 0.1) is 0 Å². The lowest BCUT2D eigenvalue weighted by atomic mass is 10.2. The molecule has 1 rings (SSSR count). The standard InChI is InChI=1S/C9H15N3O2/c1-10-8(5-13-2)7-4-9(14-3)12-6-11-7/h4,6,8,10H,5H2,1-3H3. The molecule has 0 bridgehead atoms. The number of aromatic nitrogens is 2. The van der Waals surface area contributed by atoms with E-state index >= 15 is 0 Å². The first-order valence-corrected chi connectivity index (χ1v) is 4.34. The van der Waals surface area contributed by atoms with Crippen LogP contribution >= 0.6 is 0 Å². The van der Waals surface area contributed by atoms with Crippen molar-refractivity contribution >= 4 is 0 Å². The van der Waals surface area contributed by atoms with Crippen LogP contribution in [0.3, 0.4) is 0 Å². The minimum absolute atomic E-state index is 0.0666. The number of methoxy groups -OCH3 is 2. The lowest BCUT2D eigenvalue weighted by Crippen LogP contribution is -2.22. The summed E-state index contributed by atoms with van der Waals surface area (Å²) in [5, 5.41) is 3.10. The Morgan fingerprint density at radius 1 is 1.43 bits per heavy atom. The average Bonchev–Trinajstić information content (AvgIpc) is 2.26. The van der Waals surface area contributed by atoms with Crippen LogP contribution in [-0.4, -0.2) is 37.8 Å². The van der Waals surface area contributed by atoms with Crippen molar-refractivity contribution < 1.29 is 9.47 Å². The van der Waals surface area contributed by atoms with E-state index in [1.54, 1.807) is 20.3 Å². The molecule has 1 aromatic heterocycles. The second kappa shape index (κ2) is 5.51. The van der Waals surface area contributed by atoms with Gasteiger partial charge in [0.05, 0.1) is 25.5 Å². The van der Waals surface area contributed by atoms with Crippen molar-refractivity contribution in [3.05, 3.63) is 18.1 Å². The Balaban J connectivity index is 2.80. The summed E-state index contributed by atoms with van der Waals surface area (Å²) in [7, 11) is 5.10. The Hall–Kier alpha value is -1.20. The van der Waals surface area contributed by atoms with Crippen LogP contribution in [-0.2, 0) is 4.74 Å². The summed E-state index contributed by atoms with van der Waals surface area (Å²) < 4.78 is 10.1. The zero-order valence-corrected chi connectivity index (χ0v) is 8.65. The topological polar surface area (TPSA) is 56.3 Å². The van der Waals surface area contributed by atoms with E-state index in [4.69, 9.17) is 9.47 Å². The number of rotatable bonds is 5. The smallest absolute Gasteiger partial charge is 0.216 e. The fourth-order valence-electron chi connectivity index (χ4n) is 1.14. The molecule has 14 heavy (non-hydrogen) atoms. The van der Waals surface area contributed by atoms with Gasteiger partial charge in [-0.25, -0.2) is 9.97 Å². The minimum Gasteiger partial charge on any atom is -0.481 e. The fraction of sp³-hybridized carbons (Fsp3) is 0.556. The lowest BCUT2D eigenvalue weighted by Gasteiger charge is -2.14. The van der Waals surface area contributed by atoms with Gasteiger partial charge in [0.15, 0.2) is 0 Å². The lowest BCUT2D eigenvalue weighted by molar-refractivity contribution is 0.168. The van der Waals surface area contributed by atoms with Gasteiger partial charge in [-0.15, -0.1) is 0 Å². The van der Waals surface area contributed by atoms with E-state index in [0.717, 1.165) is 5.69 Å². The molecule has 0 fully saturated rings. The molecule has 1 N–H and O–H groups in total. The first-order valence-electron chi connectivity index (χ1n) is 4.34. The van der Waals surface area contributed by atoms with Crippen molar-refractivity contribution in [2.75, 3.05) is 27.9 Å². The Morgan fingerprint density at radius 3 is 2.79 bits per heavy atom. The van der Waals surface area contributed by atoms with Gasteiger partial charge in [0.2, 0.25) is 5.88 Å². The molecular weight excluding hydrogens is 182 g/mol. The summed E-state index contributed by atoms with van der Waals surface area (Å²) in [6.07, 6.45) is 1.48. The second-order valence-electron chi connectivity index (χ2n) is 2.78. The van der Waals surface area contributed by atoms with E-state index in [1.807, 2.05) is 7.05 Å². The molecule has 1 heterocycles. The fourth-order valence-corrected chi connectivity index (χ4v) is 1.14. The van der Waals surface area contributed by atoms with Crippen LogP contribution in [0.5, 0.6) is 5.88 Å². The van der Waals surface area contributed by atoms with Gasteiger partial charge >= 0.3 is 0 Å². The maximum atomic E-state index is 5.06. The predicted octanol–water partition coefficient (Wildman–Crippen LogP) is 0.392. The number of nitrogens with zero attached hydrogens (tertiary/aromatic N) is 2. The molecule has 0 saturated heterocycles. The first-order chi connectivity index (χ1) is 6.81. The Kier molecular flexibility index (Phi) is 4.28. The second-order valence-corrected chi connectivity index (χ2v) is 2.78. The van der Waals surface area contributed by atoms with E-state index < -0.39 is 0 Å². The molecule has 5 nitrogen and oxygen atoms in total. The average molecular weight is 197 g/mol. The summed E-state index contributed by atoms with van der Waals surface area (Å²) in [4.78, 5) is 8.08. The maximum absolute atomic E-state index is 5.06. The molecule has 78 valence electrons. The van der Waals surface area contributed by atoms with E-state index in [1.165, 1.54) is 6.33 Å². The molecule has 0 aliphatic heterocycles. The molecule has 0 amide bonds. The number of nitrogens with one attached hydrogen (secondary N) is 1.